The number of anilines is 1. The molecular formula is C31H28N4O2. The summed E-state index contributed by atoms with van der Waals surface area (Å²) in [5.41, 5.74) is 3.88. The van der Waals surface area contributed by atoms with Crippen molar-refractivity contribution in [1.29, 1.82) is 0 Å². The number of benzene rings is 2. The summed E-state index contributed by atoms with van der Waals surface area (Å²) >= 11 is 0. The Balaban J connectivity index is 0.000000159. The third-order valence-corrected chi connectivity index (χ3v) is 5.12. The molecule has 37 heavy (non-hydrogen) atoms. The lowest BCUT2D eigenvalue weighted by molar-refractivity contribution is 0.103. The zero-order chi connectivity index (χ0) is 26.3. The van der Waals surface area contributed by atoms with Crippen molar-refractivity contribution in [3.8, 4) is 0 Å². The Hall–Kier alpha value is -4.97. The number of carbonyl (C=O) groups is 2. The molecule has 5 aromatic rings. The lowest BCUT2D eigenvalue weighted by Gasteiger charge is -2.10. The normalized spacial score (nSPS) is 9.57. The molecule has 0 fully saturated rings. The summed E-state index contributed by atoms with van der Waals surface area (Å²) in [6, 6.07) is 29.3. The molecule has 0 atom stereocenters. The number of aromatic nitrogens is 3. The van der Waals surface area contributed by atoms with Gasteiger partial charge in [-0.2, -0.15) is 0 Å². The lowest BCUT2D eigenvalue weighted by Crippen LogP contribution is -2.07. The molecule has 0 saturated heterocycles. The number of ketones is 2. The molecule has 0 radical (unpaired) electrons. The van der Waals surface area contributed by atoms with Crippen LogP contribution in [0, 0.1) is 0 Å². The number of nitrogens with zero attached hydrogens (tertiary/aromatic N) is 4. The van der Waals surface area contributed by atoms with Crippen molar-refractivity contribution in [1.82, 2.24) is 15.0 Å². The van der Waals surface area contributed by atoms with E-state index in [4.69, 9.17) is 0 Å². The molecule has 0 amide bonds. The van der Waals surface area contributed by atoms with Crippen LogP contribution < -0.4 is 4.90 Å². The van der Waals surface area contributed by atoms with E-state index in [0.29, 0.717) is 22.3 Å². The number of hydrogen-bond donors (Lipinski definition) is 0. The minimum atomic E-state index is 0.0127. The van der Waals surface area contributed by atoms with Crippen LogP contribution in [0.2, 0.25) is 0 Å². The second kappa shape index (κ2) is 14.4. The van der Waals surface area contributed by atoms with Gasteiger partial charge in [-0.3, -0.25) is 24.5 Å². The first-order valence-corrected chi connectivity index (χ1v) is 11.6. The van der Waals surface area contributed by atoms with Crippen LogP contribution in [-0.4, -0.2) is 40.6 Å². The molecule has 0 aliphatic carbocycles. The average Bonchev–Trinajstić information content (AvgIpc) is 2.99. The molecule has 5 rings (SSSR count). The van der Waals surface area contributed by atoms with Crippen molar-refractivity contribution in [2.75, 3.05) is 19.0 Å². The Morgan fingerprint density at radius 3 is 1.35 bits per heavy atom. The Bertz CT molecular complexity index is 1180. The molecular weight excluding hydrogens is 460 g/mol. The zero-order valence-corrected chi connectivity index (χ0v) is 20.8. The molecule has 0 aliphatic heterocycles. The summed E-state index contributed by atoms with van der Waals surface area (Å²) in [5, 5.41) is 0. The van der Waals surface area contributed by atoms with Crippen molar-refractivity contribution in [2.45, 2.75) is 0 Å². The van der Waals surface area contributed by atoms with Crippen LogP contribution in [0.25, 0.3) is 0 Å². The van der Waals surface area contributed by atoms with E-state index in [0.717, 1.165) is 0 Å². The van der Waals surface area contributed by atoms with Gasteiger partial charge in [-0.25, -0.2) is 0 Å². The molecule has 6 nitrogen and oxygen atoms in total. The second-order valence-electron chi connectivity index (χ2n) is 7.97. The minimum absolute atomic E-state index is 0.0127. The van der Waals surface area contributed by atoms with Crippen LogP contribution in [0.4, 0.5) is 5.69 Å². The smallest absolute Gasteiger partial charge is 0.194 e. The van der Waals surface area contributed by atoms with E-state index in [2.05, 4.69) is 15.0 Å². The van der Waals surface area contributed by atoms with Crippen LogP contribution >= 0.6 is 0 Å². The fourth-order valence-electron chi connectivity index (χ4n) is 3.15. The number of pyridine rings is 3. The molecule has 3 heterocycles. The van der Waals surface area contributed by atoms with Crippen molar-refractivity contribution in [3.05, 3.63) is 156 Å². The first-order valence-electron chi connectivity index (χ1n) is 11.6. The fourth-order valence-corrected chi connectivity index (χ4v) is 3.15. The third kappa shape index (κ3) is 8.64. The summed E-state index contributed by atoms with van der Waals surface area (Å²) in [4.78, 5) is 37.3. The Kier molecular flexibility index (Phi) is 10.4. The predicted octanol–water partition coefficient (Wildman–Crippen LogP) is 5.77. The van der Waals surface area contributed by atoms with Gasteiger partial charge in [0.2, 0.25) is 0 Å². The molecule has 0 saturated carbocycles. The highest BCUT2D eigenvalue weighted by Gasteiger charge is 2.07. The second-order valence-corrected chi connectivity index (χ2v) is 7.97. The molecule has 0 aliphatic rings. The van der Waals surface area contributed by atoms with Crippen molar-refractivity contribution < 1.29 is 9.59 Å². The number of hydrogen-bond acceptors (Lipinski definition) is 6. The Morgan fingerprint density at radius 1 is 0.486 bits per heavy atom. The minimum Gasteiger partial charge on any atom is -0.378 e. The van der Waals surface area contributed by atoms with E-state index in [-0.39, 0.29) is 11.6 Å². The monoisotopic (exact) mass is 488 g/mol. The molecule has 0 spiro atoms. The quantitative estimate of drug-likeness (QED) is 0.292. The summed E-state index contributed by atoms with van der Waals surface area (Å²) in [5.74, 6) is 0.0479. The van der Waals surface area contributed by atoms with Crippen molar-refractivity contribution >= 4 is 17.3 Å². The van der Waals surface area contributed by atoms with E-state index >= 15 is 0 Å². The first-order chi connectivity index (χ1) is 18.1. The van der Waals surface area contributed by atoms with Gasteiger partial charge in [-0.15, -0.1) is 0 Å². The average molecular weight is 489 g/mol. The Labute approximate surface area is 217 Å². The van der Waals surface area contributed by atoms with E-state index in [9.17, 15) is 9.59 Å². The fraction of sp³-hybridized carbons (Fsp3) is 0.0645. The van der Waals surface area contributed by atoms with Gasteiger partial charge in [0.05, 0.1) is 0 Å². The first kappa shape index (κ1) is 26.6. The molecule has 2 aromatic carbocycles. The summed E-state index contributed by atoms with van der Waals surface area (Å²) in [6.07, 6.45) is 10.0. The standard InChI is InChI=1S/2C12H9NO.C7H10N2/c14-12(10-5-2-1-3-6-10)11-7-4-8-13-9-11;14-12(10-4-2-1-3-5-10)11-6-8-13-9-7-11;1-9(2)7-3-5-8-6-4-7/h2*1-9H;3-6H,1-2H3. The SMILES string of the molecule is CN(C)c1ccncc1.O=C(c1ccccc1)c1cccnc1.O=C(c1ccccc1)c1ccncc1. The van der Waals surface area contributed by atoms with Crippen molar-refractivity contribution in [3.63, 3.8) is 0 Å². The number of rotatable bonds is 5. The molecule has 0 N–H and O–H groups in total. The van der Waals surface area contributed by atoms with E-state index < -0.39 is 0 Å². The maximum Gasteiger partial charge on any atom is 0.194 e. The maximum absolute atomic E-state index is 11.8. The van der Waals surface area contributed by atoms with Gasteiger partial charge in [-0.1, -0.05) is 60.7 Å². The predicted molar refractivity (Wildman–Crippen MR) is 147 cm³/mol. The van der Waals surface area contributed by atoms with Gasteiger partial charge in [0.25, 0.3) is 0 Å². The van der Waals surface area contributed by atoms with E-state index in [1.807, 2.05) is 79.7 Å². The van der Waals surface area contributed by atoms with Gasteiger partial charge < -0.3 is 4.90 Å². The van der Waals surface area contributed by atoms with Crippen LogP contribution in [0.5, 0.6) is 0 Å². The summed E-state index contributed by atoms with van der Waals surface area (Å²) < 4.78 is 0. The molecule has 6 heteroatoms. The zero-order valence-electron chi connectivity index (χ0n) is 20.8. The maximum atomic E-state index is 11.8. The molecule has 0 bridgehead atoms. The van der Waals surface area contributed by atoms with Crippen LogP contribution in [-0.2, 0) is 0 Å². The summed E-state index contributed by atoms with van der Waals surface area (Å²) in [7, 11) is 4.02. The lowest BCUT2D eigenvalue weighted by atomic mass is 10.1. The Morgan fingerprint density at radius 2 is 0.919 bits per heavy atom. The highest BCUT2D eigenvalue weighted by Crippen LogP contribution is 2.09. The van der Waals surface area contributed by atoms with Gasteiger partial charge in [0, 0.05) is 79.2 Å². The number of carbonyl (C=O) groups excluding carboxylic acids is 2. The summed E-state index contributed by atoms with van der Waals surface area (Å²) in [6.45, 7) is 0. The topological polar surface area (TPSA) is 76.1 Å². The van der Waals surface area contributed by atoms with Gasteiger partial charge >= 0.3 is 0 Å². The van der Waals surface area contributed by atoms with Gasteiger partial charge in [-0.05, 0) is 36.4 Å². The van der Waals surface area contributed by atoms with E-state index in [1.165, 1.54) is 5.69 Å². The van der Waals surface area contributed by atoms with Gasteiger partial charge in [0.1, 0.15) is 0 Å². The van der Waals surface area contributed by atoms with Gasteiger partial charge in [0.15, 0.2) is 11.6 Å². The van der Waals surface area contributed by atoms with E-state index in [1.54, 1.807) is 73.6 Å². The van der Waals surface area contributed by atoms with Crippen LogP contribution in [0.3, 0.4) is 0 Å². The molecule has 184 valence electrons. The molecule has 0 unspecified atom stereocenters. The third-order valence-electron chi connectivity index (χ3n) is 5.12. The van der Waals surface area contributed by atoms with Crippen LogP contribution in [0.1, 0.15) is 31.8 Å². The highest BCUT2D eigenvalue weighted by atomic mass is 16.1. The molecule has 3 aromatic heterocycles. The van der Waals surface area contributed by atoms with Crippen LogP contribution in [0.15, 0.2) is 134 Å². The van der Waals surface area contributed by atoms with Crippen molar-refractivity contribution in [2.24, 2.45) is 0 Å². The largest absolute Gasteiger partial charge is 0.378 e. The highest BCUT2D eigenvalue weighted by molar-refractivity contribution is 6.09.